The van der Waals surface area contributed by atoms with Crippen LogP contribution >= 0.6 is 0 Å². The smallest absolute Gasteiger partial charge is 0.0148 e. The van der Waals surface area contributed by atoms with Gasteiger partial charge in [0.2, 0.25) is 0 Å². The Morgan fingerprint density at radius 1 is 0.800 bits per heavy atom. The van der Waals surface area contributed by atoms with Gasteiger partial charge in [-0.1, -0.05) is 54.6 Å². The third-order valence-electron chi connectivity index (χ3n) is 4.22. The van der Waals surface area contributed by atoms with Gasteiger partial charge in [-0.2, -0.15) is 0 Å². The zero-order valence-corrected chi connectivity index (χ0v) is 12.0. The number of hydrogen-bond acceptors (Lipinski definition) is 1. The van der Waals surface area contributed by atoms with Gasteiger partial charge in [0.25, 0.3) is 0 Å². The molecule has 1 nitrogen and oxygen atoms in total. The highest BCUT2D eigenvalue weighted by Crippen LogP contribution is 2.21. The first kappa shape index (κ1) is 13.4. The van der Waals surface area contributed by atoms with E-state index < -0.39 is 0 Å². The molecule has 0 heterocycles. The summed E-state index contributed by atoms with van der Waals surface area (Å²) >= 11 is 0. The summed E-state index contributed by atoms with van der Waals surface area (Å²) in [6, 6.07) is 20.3. The molecule has 104 valence electrons. The van der Waals surface area contributed by atoms with E-state index in [0.29, 0.717) is 6.04 Å². The standard InChI is InChI=1S/C19H23N/c1-2-8-16(9-3-1)10-6-7-13-20-19-14-17-11-4-5-12-18(17)15-19/h1-5,8-9,11-12,19-20H,6-7,10,13-15H2. The van der Waals surface area contributed by atoms with Crippen molar-refractivity contribution in [3.63, 3.8) is 0 Å². The zero-order valence-electron chi connectivity index (χ0n) is 12.0. The van der Waals surface area contributed by atoms with E-state index in [-0.39, 0.29) is 0 Å². The van der Waals surface area contributed by atoms with Crippen molar-refractivity contribution in [3.8, 4) is 0 Å². The van der Waals surface area contributed by atoms with Gasteiger partial charge in [-0.3, -0.25) is 0 Å². The van der Waals surface area contributed by atoms with Crippen molar-refractivity contribution in [1.82, 2.24) is 5.32 Å². The Hall–Kier alpha value is -1.60. The Kier molecular flexibility index (Phi) is 4.49. The maximum absolute atomic E-state index is 3.71. The average Bonchev–Trinajstić information content (AvgIpc) is 2.90. The minimum atomic E-state index is 0.657. The van der Waals surface area contributed by atoms with E-state index in [1.54, 1.807) is 0 Å². The van der Waals surface area contributed by atoms with Gasteiger partial charge in [-0.25, -0.2) is 0 Å². The van der Waals surface area contributed by atoms with Crippen molar-refractivity contribution >= 4 is 0 Å². The van der Waals surface area contributed by atoms with E-state index in [1.807, 2.05) is 0 Å². The summed E-state index contributed by atoms with van der Waals surface area (Å²) in [5, 5.41) is 3.71. The molecular weight excluding hydrogens is 242 g/mol. The highest BCUT2D eigenvalue weighted by molar-refractivity contribution is 5.33. The van der Waals surface area contributed by atoms with Crippen LogP contribution in [0.15, 0.2) is 54.6 Å². The molecule has 0 aromatic heterocycles. The summed E-state index contributed by atoms with van der Waals surface area (Å²) in [4.78, 5) is 0. The van der Waals surface area contributed by atoms with Gasteiger partial charge in [0.05, 0.1) is 0 Å². The van der Waals surface area contributed by atoms with Crippen LogP contribution in [-0.2, 0) is 19.3 Å². The molecule has 1 aliphatic carbocycles. The molecule has 1 aliphatic rings. The fraction of sp³-hybridized carbons (Fsp3) is 0.368. The minimum Gasteiger partial charge on any atom is -0.313 e. The van der Waals surface area contributed by atoms with Crippen molar-refractivity contribution in [2.45, 2.75) is 38.1 Å². The number of benzene rings is 2. The first-order valence-corrected chi connectivity index (χ1v) is 7.76. The molecule has 0 amide bonds. The second-order valence-electron chi connectivity index (χ2n) is 5.77. The largest absolute Gasteiger partial charge is 0.313 e. The summed E-state index contributed by atoms with van der Waals surface area (Å²) in [6.07, 6.45) is 6.15. The molecule has 0 saturated heterocycles. The summed E-state index contributed by atoms with van der Waals surface area (Å²) in [5.74, 6) is 0. The molecule has 0 aliphatic heterocycles. The number of rotatable bonds is 6. The summed E-state index contributed by atoms with van der Waals surface area (Å²) < 4.78 is 0. The summed E-state index contributed by atoms with van der Waals surface area (Å²) in [5.41, 5.74) is 4.53. The fourth-order valence-corrected chi connectivity index (χ4v) is 3.11. The molecule has 2 aromatic carbocycles. The molecule has 0 atom stereocenters. The molecule has 1 heteroatoms. The molecule has 20 heavy (non-hydrogen) atoms. The van der Waals surface area contributed by atoms with Crippen LogP contribution in [-0.4, -0.2) is 12.6 Å². The molecule has 3 rings (SSSR count). The lowest BCUT2D eigenvalue weighted by atomic mass is 10.1. The SMILES string of the molecule is c1ccc(CCCCNC2Cc3ccccc3C2)cc1. The normalized spacial score (nSPS) is 14.4. The molecule has 1 N–H and O–H groups in total. The van der Waals surface area contributed by atoms with E-state index in [0.717, 1.165) is 6.54 Å². The van der Waals surface area contributed by atoms with Crippen molar-refractivity contribution in [2.75, 3.05) is 6.54 Å². The lowest BCUT2D eigenvalue weighted by Gasteiger charge is -2.11. The first-order valence-electron chi connectivity index (χ1n) is 7.76. The van der Waals surface area contributed by atoms with E-state index in [2.05, 4.69) is 59.9 Å². The Balaban J connectivity index is 1.34. The number of unbranched alkanes of at least 4 members (excludes halogenated alkanes) is 1. The zero-order chi connectivity index (χ0) is 13.6. The molecule has 0 bridgehead atoms. The Bertz CT molecular complexity index is 507. The van der Waals surface area contributed by atoms with Gasteiger partial charge in [-0.15, -0.1) is 0 Å². The molecule has 0 spiro atoms. The van der Waals surface area contributed by atoms with E-state index >= 15 is 0 Å². The van der Waals surface area contributed by atoms with Gasteiger partial charge in [0, 0.05) is 6.04 Å². The summed E-state index contributed by atoms with van der Waals surface area (Å²) in [6.45, 7) is 1.14. The molecule has 0 saturated carbocycles. The van der Waals surface area contributed by atoms with Crippen molar-refractivity contribution in [2.24, 2.45) is 0 Å². The summed E-state index contributed by atoms with van der Waals surface area (Å²) in [7, 11) is 0. The third kappa shape index (κ3) is 3.49. The minimum absolute atomic E-state index is 0.657. The number of hydrogen-bond donors (Lipinski definition) is 1. The molecular formula is C19H23N. The lowest BCUT2D eigenvalue weighted by Crippen LogP contribution is -2.30. The predicted molar refractivity (Wildman–Crippen MR) is 85.0 cm³/mol. The predicted octanol–water partition coefficient (Wildman–Crippen LogP) is 3.77. The highest BCUT2D eigenvalue weighted by atomic mass is 14.9. The average molecular weight is 265 g/mol. The number of aryl methyl sites for hydroxylation is 1. The van der Waals surface area contributed by atoms with Crippen molar-refractivity contribution < 1.29 is 0 Å². The molecule has 0 unspecified atom stereocenters. The van der Waals surface area contributed by atoms with E-state index in [1.165, 1.54) is 48.8 Å². The van der Waals surface area contributed by atoms with Crippen LogP contribution in [0.5, 0.6) is 0 Å². The van der Waals surface area contributed by atoms with E-state index in [9.17, 15) is 0 Å². The van der Waals surface area contributed by atoms with Crippen LogP contribution in [0.1, 0.15) is 29.5 Å². The maximum atomic E-state index is 3.71. The van der Waals surface area contributed by atoms with Gasteiger partial charge in [0.1, 0.15) is 0 Å². The Labute approximate surface area is 122 Å². The Morgan fingerprint density at radius 3 is 2.15 bits per heavy atom. The highest BCUT2D eigenvalue weighted by Gasteiger charge is 2.19. The number of fused-ring (bicyclic) bond motifs is 1. The van der Waals surface area contributed by atoms with Gasteiger partial charge in [0.15, 0.2) is 0 Å². The van der Waals surface area contributed by atoms with Crippen LogP contribution in [0.4, 0.5) is 0 Å². The van der Waals surface area contributed by atoms with Crippen LogP contribution in [0, 0.1) is 0 Å². The second-order valence-corrected chi connectivity index (χ2v) is 5.77. The topological polar surface area (TPSA) is 12.0 Å². The van der Waals surface area contributed by atoms with Gasteiger partial charge < -0.3 is 5.32 Å². The first-order chi connectivity index (χ1) is 9.92. The number of nitrogens with one attached hydrogen (secondary N) is 1. The van der Waals surface area contributed by atoms with Gasteiger partial charge >= 0.3 is 0 Å². The van der Waals surface area contributed by atoms with Crippen LogP contribution in [0.25, 0.3) is 0 Å². The molecule has 0 radical (unpaired) electrons. The van der Waals surface area contributed by atoms with E-state index in [4.69, 9.17) is 0 Å². The quantitative estimate of drug-likeness (QED) is 0.784. The second kappa shape index (κ2) is 6.71. The molecule has 2 aromatic rings. The van der Waals surface area contributed by atoms with Crippen molar-refractivity contribution in [3.05, 3.63) is 71.3 Å². The third-order valence-corrected chi connectivity index (χ3v) is 4.22. The lowest BCUT2D eigenvalue weighted by molar-refractivity contribution is 0.515. The van der Waals surface area contributed by atoms with Gasteiger partial charge in [-0.05, 0) is 55.3 Å². The maximum Gasteiger partial charge on any atom is 0.0148 e. The van der Waals surface area contributed by atoms with Crippen LogP contribution in [0.3, 0.4) is 0 Å². The van der Waals surface area contributed by atoms with Crippen LogP contribution < -0.4 is 5.32 Å². The van der Waals surface area contributed by atoms with Crippen LogP contribution in [0.2, 0.25) is 0 Å². The van der Waals surface area contributed by atoms with Crippen molar-refractivity contribution in [1.29, 1.82) is 0 Å². The molecule has 0 fully saturated rings. The fourth-order valence-electron chi connectivity index (χ4n) is 3.11. The Morgan fingerprint density at radius 2 is 1.45 bits per heavy atom. The monoisotopic (exact) mass is 265 g/mol.